The number of benzene rings is 6. The van der Waals surface area contributed by atoms with Crippen LogP contribution in [-0.2, 0) is 26.5 Å². The van der Waals surface area contributed by atoms with E-state index in [0.717, 1.165) is 84.1 Å². The zero-order valence-electron chi connectivity index (χ0n) is 41.2. The predicted molar refractivity (Wildman–Crippen MR) is 286 cm³/mol. The van der Waals surface area contributed by atoms with Crippen LogP contribution in [0.1, 0.15) is 75.8 Å². The van der Waals surface area contributed by atoms with E-state index in [2.05, 4.69) is 184 Å². The fraction of sp³-hybridized carbons (Fsp3) is 0.230. The first-order valence-corrected chi connectivity index (χ1v) is 31.3. The summed E-state index contributed by atoms with van der Waals surface area (Å²) in [4.78, 5) is 14.8. The summed E-state index contributed by atoms with van der Waals surface area (Å²) in [5.41, 5.74) is 16.6. The van der Waals surface area contributed by atoms with Gasteiger partial charge in [0.15, 0.2) is 0 Å². The molecule has 0 N–H and O–H groups in total. The molecule has 0 aliphatic heterocycles. The van der Waals surface area contributed by atoms with Crippen molar-refractivity contribution >= 4 is 72.7 Å². The third kappa shape index (κ3) is 9.13. The number of furan rings is 2. The second kappa shape index (κ2) is 19.3. The van der Waals surface area contributed by atoms with Crippen molar-refractivity contribution < 1.29 is 28.9 Å². The summed E-state index contributed by atoms with van der Waals surface area (Å²) in [6.07, 6.45) is 3.21. The monoisotopic (exact) mass is 1150 g/mol. The Bertz CT molecular complexity index is 3620. The van der Waals surface area contributed by atoms with Crippen molar-refractivity contribution in [3.8, 4) is 39.5 Å². The Hall–Kier alpha value is -6.12. The Balaban J connectivity index is 0.000000184. The zero-order chi connectivity index (χ0) is 47.4. The molecular formula is C61H58GeIrN4O2-2. The van der Waals surface area contributed by atoms with Crippen LogP contribution in [0, 0.1) is 25.0 Å². The maximum absolute atomic E-state index is 6.44. The Labute approximate surface area is 421 Å². The fourth-order valence-corrected chi connectivity index (χ4v) is 13.0. The molecule has 0 unspecified atom stereocenters. The summed E-state index contributed by atoms with van der Waals surface area (Å²) >= 11 is -1.98. The number of fused-ring (bicyclic) bond motifs is 7. The van der Waals surface area contributed by atoms with Crippen LogP contribution in [0.3, 0.4) is 0 Å². The largest absolute Gasteiger partial charge is 0.486 e. The maximum Gasteiger partial charge on any atom is 0.216 e. The van der Waals surface area contributed by atoms with Crippen LogP contribution in [0.2, 0.25) is 17.3 Å². The van der Waals surface area contributed by atoms with Crippen LogP contribution in [-0.4, -0.2) is 32.8 Å². The minimum absolute atomic E-state index is 0. The van der Waals surface area contributed by atoms with Gasteiger partial charge in [0.25, 0.3) is 0 Å². The van der Waals surface area contributed by atoms with Crippen molar-refractivity contribution in [1.82, 2.24) is 19.5 Å². The molecule has 0 aliphatic rings. The van der Waals surface area contributed by atoms with E-state index in [-0.39, 0.29) is 20.1 Å². The Morgan fingerprint density at radius 2 is 1.26 bits per heavy atom. The molecule has 0 saturated carbocycles. The summed E-state index contributed by atoms with van der Waals surface area (Å²) in [5.74, 6) is 9.33. The first kappa shape index (κ1) is 47.9. The number of hydrogen-bond donors (Lipinski definition) is 0. The second-order valence-electron chi connectivity index (χ2n) is 20.2. The molecule has 0 fully saturated rings. The van der Waals surface area contributed by atoms with Gasteiger partial charge in [0.1, 0.15) is 0 Å². The van der Waals surface area contributed by atoms with E-state index in [4.69, 9.17) is 18.8 Å². The molecule has 0 saturated heterocycles. The molecule has 5 aromatic heterocycles. The van der Waals surface area contributed by atoms with Crippen LogP contribution < -0.4 is 4.40 Å². The molecule has 11 aromatic rings. The first-order valence-electron chi connectivity index (χ1n) is 24.0. The molecule has 0 amide bonds. The molecule has 0 aliphatic carbocycles. The van der Waals surface area contributed by atoms with Crippen molar-refractivity contribution in [1.29, 1.82) is 0 Å². The minimum Gasteiger partial charge on any atom is -0.486 e. The average Bonchev–Trinajstić information content (AvgIpc) is 4.02. The van der Waals surface area contributed by atoms with E-state index in [1.54, 1.807) is 0 Å². The summed E-state index contributed by atoms with van der Waals surface area (Å²) < 4.78 is 16.5. The number of aryl methyl sites for hydroxylation is 1. The van der Waals surface area contributed by atoms with Crippen molar-refractivity contribution in [2.75, 3.05) is 0 Å². The zero-order valence-corrected chi connectivity index (χ0v) is 45.7. The smallest absolute Gasteiger partial charge is 0.216 e. The van der Waals surface area contributed by atoms with Gasteiger partial charge in [0.05, 0.1) is 22.4 Å². The summed E-state index contributed by atoms with van der Waals surface area (Å²) in [6, 6.07) is 53.3. The van der Waals surface area contributed by atoms with E-state index in [0.29, 0.717) is 23.5 Å². The number of rotatable bonds is 9. The van der Waals surface area contributed by atoms with E-state index < -0.39 is 13.3 Å². The van der Waals surface area contributed by atoms with Crippen LogP contribution in [0.5, 0.6) is 0 Å². The SMILES string of the molecule is CC(C)Cc1cc(-c2[c-]ccc3c2oc2ccccc23)nc[c]1[Ge]([CH3])([CH3])[CH3].Cc1ccc2c(n1)oc1c(-c3nc4ccccc4n3-c3c(C(C)C)cc(-c4ccccc4)cc3C(C)C)[c-]ccc12.[Ir]. The van der Waals surface area contributed by atoms with Gasteiger partial charge in [0, 0.05) is 36.9 Å². The van der Waals surface area contributed by atoms with Crippen molar-refractivity contribution in [3.63, 3.8) is 0 Å². The van der Waals surface area contributed by atoms with Gasteiger partial charge in [-0.1, -0.05) is 81.1 Å². The van der Waals surface area contributed by atoms with E-state index in [1.807, 2.05) is 43.3 Å². The molecule has 0 bridgehead atoms. The molecule has 0 spiro atoms. The summed E-state index contributed by atoms with van der Waals surface area (Å²) in [7, 11) is 0. The molecule has 0 atom stereocenters. The minimum atomic E-state index is -1.98. The normalized spacial score (nSPS) is 12.0. The number of aromatic nitrogens is 4. The summed E-state index contributed by atoms with van der Waals surface area (Å²) in [5, 5.41) is 4.30. The summed E-state index contributed by atoms with van der Waals surface area (Å²) in [6.45, 7) is 15.6. The third-order valence-corrected chi connectivity index (χ3v) is 17.3. The molecule has 1 radical (unpaired) electrons. The van der Waals surface area contributed by atoms with Gasteiger partial charge in [-0.3, -0.25) is 4.98 Å². The number of hydrogen-bond acceptors (Lipinski definition) is 5. The van der Waals surface area contributed by atoms with E-state index in [9.17, 15) is 0 Å². The van der Waals surface area contributed by atoms with Crippen LogP contribution >= 0.6 is 0 Å². The van der Waals surface area contributed by atoms with Gasteiger partial charge in [-0.25, -0.2) is 4.98 Å². The Morgan fingerprint density at radius 1 is 0.623 bits per heavy atom. The van der Waals surface area contributed by atoms with E-state index in [1.165, 1.54) is 37.9 Å². The van der Waals surface area contributed by atoms with Gasteiger partial charge < -0.3 is 8.98 Å². The Kier molecular flexibility index (Phi) is 13.4. The molecule has 349 valence electrons. The van der Waals surface area contributed by atoms with Gasteiger partial charge in [-0.15, -0.1) is 18.2 Å². The van der Waals surface area contributed by atoms with Crippen LogP contribution in [0.4, 0.5) is 0 Å². The molecule has 11 rings (SSSR count). The van der Waals surface area contributed by atoms with E-state index >= 15 is 0 Å². The van der Waals surface area contributed by atoms with Gasteiger partial charge in [-0.05, 0) is 77.4 Å². The van der Waals surface area contributed by atoms with Gasteiger partial charge >= 0.3 is 164 Å². The molecule has 69 heavy (non-hydrogen) atoms. The molecular weight excluding hydrogens is 1090 g/mol. The predicted octanol–water partition coefficient (Wildman–Crippen LogP) is 16.2. The van der Waals surface area contributed by atoms with Gasteiger partial charge in [0.2, 0.25) is 5.71 Å². The maximum atomic E-state index is 6.44. The third-order valence-electron chi connectivity index (χ3n) is 13.0. The average molecular weight is 1140 g/mol. The molecule has 6 aromatic carbocycles. The van der Waals surface area contributed by atoms with Crippen LogP contribution in [0.15, 0.2) is 148 Å². The Morgan fingerprint density at radius 3 is 1.96 bits per heavy atom. The second-order valence-corrected chi connectivity index (χ2v) is 30.8. The molecule has 6 nitrogen and oxygen atoms in total. The van der Waals surface area contributed by atoms with Crippen molar-refractivity contribution in [2.24, 2.45) is 5.92 Å². The van der Waals surface area contributed by atoms with Gasteiger partial charge in [-0.2, -0.15) is 0 Å². The number of imidazole rings is 1. The number of nitrogens with zero attached hydrogens (tertiary/aromatic N) is 4. The number of para-hydroxylation sites is 3. The van der Waals surface area contributed by atoms with Crippen molar-refractivity contribution in [3.05, 3.63) is 174 Å². The number of pyridine rings is 2. The topological polar surface area (TPSA) is 69.9 Å². The molecule has 8 heteroatoms. The van der Waals surface area contributed by atoms with Crippen LogP contribution in [0.25, 0.3) is 94.5 Å². The molecule has 5 heterocycles. The van der Waals surface area contributed by atoms with Crippen molar-refractivity contribution in [2.45, 2.75) is 84.0 Å². The fourth-order valence-electron chi connectivity index (χ4n) is 9.72. The standard InChI is InChI=1S/C37H32N3O.C24H26GeNO.Ir/c1-22(2)30-20-26(25-12-7-6-8-13-25)21-31(23(3)4)34(30)40-33-17-10-9-16-32(33)39-36(40)29-15-11-14-27-28-19-18-24(5)38-37(28)41-35(27)29;1-16(2)13-17-14-22(26-15-21(17)25(3,4)5)20-11-8-10-19-18-9-6-7-12-23(18)27-24(19)20;/h6-14,16-23H,1-5H3;6-10,12,14-16H,13H2,1-5H3;/q2*-1;. The quantitative estimate of drug-likeness (QED) is 0.106. The first-order chi connectivity index (χ1) is 32.7.